The standard InChI is InChI=1S/C13H12Br2N2O/c1-8(2)17-12(11(15)7-16-17)13(18)9-5-3-4-6-10(9)14/h3-8H,1-2H3. The molecule has 0 aliphatic heterocycles. The molecular formula is C13H12Br2N2O. The Morgan fingerprint density at radius 1 is 1.22 bits per heavy atom. The average Bonchev–Trinajstić information content (AvgIpc) is 2.71. The first-order valence-corrected chi connectivity index (χ1v) is 7.13. The number of aromatic nitrogens is 2. The summed E-state index contributed by atoms with van der Waals surface area (Å²) in [5.74, 6) is -0.0412. The molecule has 0 radical (unpaired) electrons. The number of halogens is 2. The molecule has 2 aromatic rings. The van der Waals surface area contributed by atoms with Gasteiger partial charge in [-0.15, -0.1) is 0 Å². The fraction of sp³-hybridized carbons (Fsp3) is 0.231. The van der Waals surface area contributed by atoms with Crippen LogP contribution in [0.15, 0.2) is 39.4 Å². The van der Waals surface area contributed by atoms with Crippen LogP contribution in [0.25, 0.3) is 0 Å². The molecule has 0 fully saturated rings. The monoisotopic (exact) mass is 370 g/mol. The van der Waals surface area contributed by atoms with Gasteiger partial charge in [-0.2, -0.15) is 5.10 Å². The van der Waals surface area contributed by atoms with Gasteiger partial charge in [0.05, 0.1) is 10.7 Å². The maximum absolute atomic E-state index is 12.6. The lowest BCUT2D eigenvalue weighted by molar-refractivity contribution is 0.102. The summed E-state index contributed by atoms with van der Waals surface area (Å²) in [6.07, 6.45) is 1.66. The Morgan fingerprint density at radius 2 is 1.89 bits per heavy atom. The lowest BCUT2D eigenvalue weighted by Gasteiger charge is -2.11. The highest BCUT2D eigenvalue weighted by Gasteiger charge is 2.21. The SMILES string of the molecule is CC(C)n1ncc(Br)c1C(=O)c1ccccc1Br. The third-order valence-corrected chi connectivity index (χ3v) is 3.85. The zero-order valence-corrected chi connectivity index (χ0v) is 13.2. The van der Waals surface area contributed by atoms with Crippen LogP contribution in [0.5, 0.6) is 0 Å². The van der Waals surface area contributed by atoms with Crippen molar-refractivity contribution in [2.75, 3.05) is 0 Å². The molecule has 1 aromatic carbocycles. The molecule has 3 nitrogen and oxygen atoms in total. The highest BCUT2D eigenvalue weighted by atomic mass is 79.9. The van der Waals surface area contributed by atoms with Gasteiger partial charge in [0, 0.05) is 16.1 Å². The zero-order valence-electron chi connectivity index (χ0n) is 10.0. The first kappa shape index (κ1) is 13.5. The summed E-state index contributed by atoms with van der Waals surface area (Å²) < 4.78 is 3.24. The molecule has 0 atom stereocenters. The quantitative estimate of drug-likeness (QED) is 0.757. The molecule has 0 amide bonds. The van der Waals surface area contributed by atoms with Gasteiger partial charge in [-0.25, -0.2) is 0 Å². The van der Waals surface area contributed by atoms with E-state index in [1.54, 1.807) is 16.9 Å². The van der Waals surface area contributed by atoms with Crippen LogP contribution in [-0.2, 0) is 0 Å². The van der Waals surface area contributed by atoms with Gasteiger partial charge in [-0.3, -0.25) is 9.48 Å². The van der Waals surface area contributed by atoms with Crippen molar-refractivity contribution in [2.24, 2.45) is 0 Å². The van der Waals surface area contributed by atoms with Crippen LogP contribution in [0.2, 0.25) is 0 Å². The van der Waals surface area contributed by atoms with Crippen molar-refractivity contribution in [1.29, 1.82) is 0 Å². The summed E-state index contributed by atoms with van der Waals surface area (Å²) >= 11 is 6.79. The van der Waals surface area contributed by atoms with Gasteiger partial charge >= 0.3 is 0 Å². The number of ketones is 1. The second kappa shape index (κ2) is 5.36. The Bertz CT molecular complexity index is 590. The van der Waals surface area contributed by atoms with Gasteiger partial charge in [-0.1, -0.05) is 28.1 Å². The number of hydrogen-bond donors (Lipinski definition) is 0. The number of rotatable bonds is 3. The smallest absolute Gasteiger partial charge is 0.213 e. The van der Waals surface area contributed by atoms with Crippen molar-refractivity contribution < 1.29 is 4.79 Å². The van der Waals surface area contributed by atoms with E-state index in [1.165, 1.54) is 0 Å². The molecule has 0 saturated carbocycles. The lowest BCUT2D eigenvalue weighted by Crippen LogP contribution is -2.14. The minimum absolute atomic E-state index is 0.0412. The van der Waals surface area contributed by atoms with E-state index in [-0.39, 0.29) is 11.8 Å². The Labute approximate surface area is 122 Å². The van der Waals surface area contributed by atoms with Crippen molar-refractivity contribution in [3.8, 4) is 0 Å². The van der Waals surface area contributed by atoms with Crippen LogP contribution < -0.4 is 0 Å². The van der Waals surface area contributed by atoms with E-state index < -0.39 is 0 Å². The Hall–Kier alpha value is -0.940. The van der Waals surface area contributed by atoms with Crippen LogP contribution in [0.4, 0.5) is 0 Å². The molecule has 0 spiro atoms. The first-order valence-electron chi connectivity index (χ1n) is 5.54. The van der Waals surface area contributed by atoms with Crippen molar-refractivity contribution in [3.05, 3.63) is 50.7 Å². The molecule has 2 rings (SSSR count). The van der Waals surface area contributed by atoms with E-state index in [0.717, 1.165) is 8.95 Å². The molecule has 0 aliphatic rings. The van der Waals surface area contributed by atoms with Gasteiger partial charge in [0.2, 0.25) is 5.78 Å². The van der Waals surface area contributed by atoms with Crippen LogP contribution in [-0.4, -0.2) is 15.6 Å². The zero-order chi connectivity index (χ0) is 13.3. The van der Waals surface area contributed by atoms with Crippen molar-refractivity contribution in [3.63, 3.8) is 0 Å². The highest BCUT2D eigenvalue weighted by molar-refractivity contribution is 9.10. The summed E-state index contributed by atoms with van der Waals surface area (Å²) in [7, 11) is 0. The number of hydrogen-bond acceptors (Lipinski definition) is 2. The van der Waals surface area contributed by atoms with Crippen LogP contribution in [0.1, 0.15) is 35.9 Å². The van der Waals surface area contributed by atoms with E-state index >= 15 is 0 Å². The van der Waals surface area contributed by atoms with Crippen molar-refractivity contribution in [2.45, 2.75) is 19.9 Å². The number of carbonyl (C=O) groups excluding carboxylic acids is 1. The number of benzene rings is 1. The Balaban J connectivity index is 2.53. The van der Waals surface area contributed by atoms with Crippen LogP contribution >= 0.6 is 31.9 Å². The average molecular weight is 372 g/mol. The second-order valence-electron chi connectivity index (χ2n) is 4.19. The van der Waals surface area contributed by atoms with Crippen molar-refractivity contribution >= 4 is 37.6 Å². The minimum Gasteiger partial charge on any atom is -0.287 e. The Kier molecular flexibility index (Phi) is 4.02. The molecule has 0 N–H and O–H groups in total. The third kappa shape index (κ3) is 2.42. The Morgan fingerprint density at radius 3 is 2.50 bits per heavy atom. The van der Waals surface area contributed by atoms with E-state index in [0.29, 0.717) is 11.3 Å². The number of carbonyl (C=O) groups is 1. The molecule has 94 valence electrons. The van der Waals surface area contributed by atoms with Crippen molar-refractivity contribution in [1.82, 2.24) is 9.78 Å². The molecule has 18 heavy (non-hydrogen) atoms. The van der Waals surface area contributed by atoms with Crippen LogP contribution in [0, 0.1) is 0 Å². The fourth-order valence-corrected chi connectivity index (χ4v) is 2.64. The van der Waals surface area contributed by atoms with E-state index in [4.69, 9.17) is 0 Å². The predicted octanol–water partition coefficient (Wildman–Crippen LogP) is 4.22. The molecule has 1 heterocycles. The minimum atomic E-state index is -0.0412. The molecule has 0 saturated heterocycles. The van der Waals surface area contributed by atoms with Gasteiger partial charge < -0.3 is 0 Å². The third-order valence-electron chi connectivity index (χ3n) is 2.57. The van der Waals surface area contributed by atoms with Crippen LogP contribution in [0.3, 0.4) is 0 Å². The van der Waals surface area contributed by atoms with Gasteiger partial charge in [0.15, 0.2) is 0 Å². The maximum Gasteiger partial charge on any atom is 0.213 e. The fourth-order valence-electron chi connectivity index (χ4n) is 1.72. The highest BCUT2D eigenvalue weighted by Crippen LogP contribution is 2.25. The lowest BCUT2D eigenvalue weighted by atomic mass is 10.1. The van der Waals surface area contributed by atoms with Gasteiger partial charge in [-0.05, 0) is 41.9 Å². The largest absolute Gasteiger partial charge is 0.287 e. The molecule has 0 bridgehead atoms. The summed E-state index contributed by atoms with van der Waals surface area (Å²) in [5, 5.41) is 4.23. The molecular weight excluding hydrogens is 360 g/mol. The maximum atomic E-state index is 12.6. The molecule has 1 aromatic heterocycles. The van der Waals surface area contributed by atoms with E-state index in [2.05, 4.69) is 37.0 Å². The summed E-state index contributed by atoms with van der Waals surface area (Å²) in [6, 6.07) is 7.53. The molecule has 5 heteroatoms. The van der Waals surface area contributed by atoms with E-state index in [1.807, 2.05) is 32.0 Å². The van der Waals surface area contributed by atoms with E-state index in [9.17, 15) is 4.79 Å². The first-order chi connectivity index (χ1) is 8.52. The van der Waals surface area contributed by atoms with Gasteiger partial charge in [0.25, 0.3) is 0 Å². The molecule has 0 unspecified atom stereocenters. The summed E-state index contributed by atoms with van der Waals surface area (Å²) in [5.41, 5.74) is 1.22. The second-order valence-corrected chi connectivity index (χ2v) is 5.90. The predicted molar refractivity (Wildman–Crippen MR) is 77.9 cm³/mol. The summed E-state index contributed by atoms with van der Waals surface area (Å²) in [6.45, 7) is 3.99. The normalized spacial score (nSPS) is 10.9. The number of nitrogens with zero attached hydrogens (tertiary/aromatic N) is 2. The molecule has 0 aliphatic carbocycles. The van der Waals surface area contributed by atoms with Gasteiger partial charge in [0.1, 0.15) is 5.69 Å². The topological polar surface area (TPSA) is 34.9 Å². The summed E-state index contributed by atoms with van der Waals surface area (Å²) in [4.78, 5) is 12.6.